The summed E-state index contributed by atoms with van der Waals surface area (Å²) in [5.41, 5.74) is 1.56. The highest BCUT2D eigenvalue weighted by Crippen LogP contribution is 2.10. The Morgan fingerprint density at radius 3 is 2.85 bits per heavy atom. The van der Waals surface area contributed by atoms with Crippen LogP contribution >= 0.6 is 0 Å². The molecule has 1 atom stereocenters. The van der Waals surface area contributed by atoms with Crippen LogP contribution in [0.4, 0.5) is 0 Å². The van der Waals surface area contributed by atoms with Gasteiger partial charge in [0.2, 0.25) is 0 Å². The topological polar surface area (TPSA) is 59.8 Å². The van der Waals surface area contributed by atoms with E-state index in [9.17, 15) is 9.59 Å². The highest BCUT2D eigenvalue weighted by molar-refractivity contribution is 6.01. The number of fused-ring (bicyclic) bond motifs is 1. The van der Waals surface area contributed by atoms with Gasteiger partial charge in [-0.15, -0.1) is 0 Å². The second-order valence-electron chi connectivity index (χ2n) is 4.53. The van der Waals surface area contributed by atoms with Gasteiger partial charge in [0.1, 0.15) is 12.6 Å². The van der Waals surface area contributed by atoms with E-state index in [2.05, 4.69) is 5.32 Å². The van der Waals surface area contributed by atoms with Crippen LogP contribution in [-0.2, 0) is 9.53 Å². The number of carbonyl (C=O) groups is 2. The number of carbonyl (C=O) groups excluding carboxylic acids is 2. The van der Waals surface area contributed by atoms with Gasteiger partial charge < -0.3 is 14.5 Å². The zero-order valence-electron chi connectivity index (χ0n) is 11.6. The van der Waals surface area contributed by atoms with Crippen LogP contribution in [0.15, 0.2) is 36.7 Å². The van der Waals surface area contributed by atoms with Crippen LogP contribution in [0, 0.1) is 0 Å². The molecule has 2 rings (SSSR count). The Morgan fingerprint density at radius 1 is 1.35 bits per heavy atom. The molecule has 1 N–H and O–H groups in total. The molecule has 0 spiro atoms. The van der Waals surface area contributed by atoms with E-state index >= 15 is 0 Å². The molecule has 0 saturated heterocycles. The molecule has 0 bridgehead atoms. The first kappa shape index (κ1) is 14.3. The molecule has 106 valence electrons. The number of ether oxygens (including phenoxy) is 1. The van der Waals surface area contributed by atoms with Crippen molar-refractivity contribution in [2.75, 3.05) is 13.2 Å². The lowest BCUT2D eigenvalue weighted by atomic mass is 10.1. The van der Waals surface area contributed by atoms with E-state index in [0.29, 0.717) is 12.1 Å². The molecule has 0 aliphatic heterocycles. The van der Waals surface area contributed by atoms with Crippen molar-refractivity contribution in [1.29, 1.82) is 0 Å². The molecular formula is C15H18N2O3. The summed E-state index contributed by atoms with van der Waals surface area (Å²) < 4.78 is 6.88. The first-order valence-corrected chi connectivity index (χ1v) is 6.59. The number of esters is 1. The van der Waals surface area contributed by atoms with Gasteiger partial charge in [0.15, 0.2) is 5.78 Å². The first-order chi connectivity index (χ1) is 9.61. The van der Waals surface area contributed by atoms with E-state index in [1.54, 1.807) is 6.07 Å². The van der Waals surface area contributed by atoms with Gasteiger partial charge in [0, 0.05) is 30.4 Å². The number of nitrogens with zero attached hydrogens (tertiary/aromatic N) is 1. The first-order valence-electron chi connectivity index (χ1n) is 6.59. The Morgan fingerprint density at radius 2 is 2.15 bits per heavy atom. The molecule has 1 unspecified atom stereocenters. The Hall–Kier alpha value is -2.14. The highest BCUT2D eigenvalue weighted by Gasteiger charge is 2.20. The summed E-state index contributed by atoms with van der Waals surface area (Å²) in [5.74, 6) is -0.459. The molecule has 5 heteroatoms. The Kier molecular flexibility index (Phi) is 4.53. The number of hydrogen-bond donors (Lipinski definition) is 1. The van der Waals surface area contributed by atoms with Crippen LogP contribution in [-0.4, -0.2) is 35.3 Å². The van der Waals surface area contributed by atoms with E-state index in [1.165, 1.54) is 6.92 Å². The minimum atomic E-state index is -0.513. The smallest absolute Gasteiger partial charge is 0.302 e. The Labute approximate surface area is 117 Å². The van der Waals surface area contributed by atoms with Crippen LogP contribution in [0.2, 0.25) is 0 Å². The summed E-state index contributed by atoms with van der Waals surface area (Å²) >= 11 is 0. The van der Waals surface area contributed by atoms with Crippen molar-refractivity contribution in [3.63, 3.8) is 0 Å². The van der Waals surface area contributed by atoms with E-state index in [-0.39, 0.29) is 18.4 Å². The van der Waals surface area contributed by atoms with Crippen LogP contribution in [0.5, 0.6) is 0 Å². The molecule has 2 heterocycles. The number of likely N-dealkylation sites (N-methyl/N-ethyl adjacent to an activating group) is 1. The number of hydrogen-bond acceptors (Lipinski definition) is 4. The van der Waals surface area contributed by atoms with Gasteiger partial charge in [0.05, 0.1) is 0 Å². The number of ketones is 1. The molecular weight excluding hydrogens is 256 g/mol. The normalized spacial score (nSPS) is 12.3. The van der Waals surface area contributed by atoms with E-state index in [1.807, 2.05) is 41.9 Å². The molecule has 2 aromatic rings. The summed E-state index contributed by atoms with van der Waals surface area (Å²) in [6.07, 6.45) is 3.77. The van der Waals surface area contributed by atoms with E-state index in [0.717, 1.165) is 5.52 Å². The third-order valence-corrected chi connectivity index (χ3v) is 3.03. The molecule has 0 aliphatic carbocycles. The maximum atomic E-state index is 12.4. The fraction of sp³-hybridized carbons (Fsp3) is 0.333. The molecule has 0 fully saturated rings. The van der Waals surface area contributed by atoms with E-state index < -0.39 is 6.04 Å². The summed E-state index contributed by atoms with van der Waals surface area (Å²) in [7, 11) is 0. The van der Waals surface area contributed by atoms with Crippen LogP contribution < -0.4 is 5.32 Å². The van der Waals surface area contributed by atoms with Gasteiger partial charge in [0.25, 0.3) is 0 Å². The largest absolute Gasteiger partial charge is 0.464 e. The Bertz CT molecular complexity index is 618. The minimum absolute atomic E-state index is 0.0498. The van der Waals surface area contributed by atoms with Crippen LogP contribution in [0.25, 0.3) is 5.52 Å². The standard InChI is InChI=1S/C15H18N2O3/c1-3-16-14(10-20-11(2)18)15(19)12-6-8-17-7-4-5-13(17)9-12/h4-9,14,16H,3,10H2,1-2H3. The molecule has 20 heavy (non-hydrogen) atoms. The van der Waals surface area contributed by atoms with Gasteiger partial charge in [-0.25, -0.2) is 0 Å². The third kappa shape index (κ3) is 3.24. The predicted octanol–water partition coefficient (Wildman–Crippen LogP) is 1.66. The third-order valence-electron chi connectivity index (χ3n) is 3.03. The van der Waals surface area contributed by atoms with Crippen molar-refractivity contribution in [3.8, 4) is 0 Å². The average molecular weight is 274 g/mol. The molecule has 0 aliphatic rings. The van der Waals surface area contributed by atoms with Gasteiger partial charge in [-0.2, -0.15) is 0 Å². The fourth-order valence-electron chi connectivity index (χ4n) is 2.06. The predicted molar refractivity (Wildman–Crippen MR) is 75.8 cm³/mol. The maximum absolute atomic E-state index is 12.4. The average Bonchev–Trinajstić information content (AvgIpc) is 2.89. The summed E-state index contributed by atoms with van der Waals surface area (Å²) in [4.78, 5) is 23.3. The second kappa shape index (κ2) is 6.34. The lowest BCUT2D eigenvalue weighted by molar-refractivity contribution is -0.141. The molecule has 0 radical (unpaired) electrons. The summed E-state index contributed by atoms with van der Waals surface area (Å²) in [5, 5.41) is 3.04. The van der Waals surface area contributed by atoms with Crippen molar-refractivity contribution in [2.45, 2.75) is 19.9 Å². The lowest BCUT2D eigenvalue weighted by Crippen LogP contribution is -2.41. The van der Waals surface area contributed by atoms with Gasteiger partial charge in [-0.1, -0.05) is 6.92 Å². The van der Waals surface area contributed by atoms with Gasteiger partial charge in [-0.05, 0) is 30.8 Å². The van der Waals surface area contributed by atoms with Crippen molar-refractivity contribution in [3.05, 3.63) is 42.2 Å². The van der Waals surface area contributed by atoms with E-state index in [4.69, 9.17) is 4.74 Å². The number of pyridine rings is 1. The SMILES string of the molecule is CCNC(COC(C)=O)C(=O)c1ccn2cccc2c1. The number of aromatic nitrogens is 1. The molecule has 0 amide bonds. The number of rotatable bonds is 6. The Balaban J connectivity index is 2.18. The minimum Gasteiger partial charge on any atom is -0.464 e. The zero-order chi connectivity index (χ0) is 14.5. The van der Waals surface area contributed by atoms with Gasteiger partial charge >= 0.3 is 5.97 Å². The molecule has 0 saturated carbocycles. The quantitative estimate of drug-likeness (QED) is 0.643. The second-order valence-corrected chi connectivity index (χ2v) is 4.53. The maximum Gasteiger partial charge on any atom is 0.302 e. The summed E-state index contributed by atoms with van der Waals surface area (Å²) in [6, 6.07) is 6.95. The summed E-state index contributed by atoms with van der Waals surface area (Å²) in [6.45, 7) is 3.92. The van der Waals surface area contributed by atoms with Crippen molar-refractivity contribution >= 4 is 17.3 Å². The van der Waals surface area contributed by atoms with Crippen LogP contribution in [0.1, 0.15) is 24.2 Å². The zero-order valence-corrected chi connectivity index (χ0v) is 11.6. The molecule has 0 aromatic carbocycles. The molecule has 2 aromatic heterocycles. The van der Waals surface area contributed by atoms with Crippen molar-refractivity contribution in [1.82, 2.24) is 9.72 Å². The van der Waals surface area contributed by atoms with Crippen LogP contribution in [0.3, 0.4) is 0 Å². The number of Topliss-reactive ketones (excluding diaryl/α,β-unsaturated/α-hetero) is 1. The monoisotopic (exact) mass is 274 g/mol. The van der Waals surface area contributed by atoms with Crippen molar-refractivity contribution < 1.29 is 14.3 Å². The van der Waals surface area contributed by atoms with Gasteiger partial charge in [-0.3, -0.25) is 9.59 Å². The van der Waals surface area contributed by atoms with Crippen molar-refractivity contribution in [2.24, 2.45) is 0 Å². The number of nitrogens with one attached hydrogen (secondary N) is 1. The fourth-order valence-corrected chi connectivity index (χ4v) is 2.06. The molecule has 5 nitrogen and oxygen atoms in total. The highest BCUT2D eigenvalue weighted by atomic mass is 16.5. The lowest BCUT2D eigenvalue weighted by Gasteiger charge is -2.16.